The molecule has 5 heteroatoms. The molecule has 1 aromatic carbocycles. The van der Waals surface area contributed by atoms with Crippen molar-refractivity contribution in [2.75, 3.05) is 0 Å². The summed E-state index contributed by atoms with van der Waals surface area (Å²) in [5, 5.41) is 12.5. The van der Waals surface area contributed by atoms with Crippen LogP contribution in [0.1, 0.15) is 46.5 Å². The summed E-state index contributed by atoms with van der Waals surface area (Å²) in [7, 11) is 0. The predicted octanol–water partition coefficient (Wildman–Crippen LogP) is 4.09. The van der Waals surface area contributed by atoms with Crippen LogP contribution in [0.4, 0.5) is 0 Å². The van der Waals surface area contributed by atoms with E-state index in [9.17, 15) is 10.1 Å². The SMILES string of the molecule is CCCCCC(C)(C#N)NC(=O)C(C)Oc1ccccc1Cl. The fraction of sp³-hybridized carbons (Fsp3) is 0.529. The topological polar surface area (TPSA) is 62.1 Å². The Bertz CT molecular complexity index is 542. The van der Waals surface area contributed by atoms with Crippen molar-refractivity contribution in [2.45, 2.75) is 58.1 Å². The summed E-state index contributed by atoms with van der Waals surface area (Å²) in [4.78, 5) is 12.2. The number of nitriles is 1. The van der Waals surface area contributed by atoms with E-state index in [1.807, 2.05) is 0 Å². The molecule has 0 spiro atoms. The second-order valence-electron chi connectivity index (χ2n) is 5.58. The molecule has 0 saturated carbocycles. The van der Waals surface area contributed by atoms with E-state index >= 15 is 0 Å². The summed E-state index contributed by atoms with van der Waals surface area (Å²) in [6.07, 6.45) is 2.92. The van der Waals surface area contributed by atoms with E-state index in [-0.39, 0.29) is 5.91 Å². The molecule has 1 N–H and O–H groups in total. The molecule has 0 radical (unpaired) electrons. The van der Waals surface area contributed by atoms with Crippen molar-refractivity contribution in [2.24, 2.45) is 0 Å². The maximum Gasteiger partial charge on any atom is 0.262 e. The zero-order chi connectivity index (χ0) is 16.6. The molecule has 1 aromatic rings. The third kappa shape index (κ3) is 5.57. The molecular formula is C17H23ClN2O2. The van der Waals surface area contributed by atoms with Crippen LogP contribution in [0, 0.1) is 11.3 Å². The van der Waals surface area contributed by atoms with Crippen LogP contribution in [0.5, 0.6) is 5.75 Å². The Balaban J connectivity index is 2.62. The lowest BCUT2D eigenvalue weighted by molar-refractivity contribution is -0.128. The number of carbonyl (C=O) groups is 1. The minimum Gasteiger partial charge on any atom is -0.479 e. The van der Waals surface area contributed by atoms with E-state index < -0.39 is 11.6 Å². The van der Waals surface area contributed by atoms with Crippen LogP contribution >= 0.6 is 11.6 Å². The van der Waals surface area contributed by atoms with Crippen molar-refractivity contribution >= 4 is 17.5 Å². The second kappa shape index (κ2) is 8.65. The lowest BCUT2D eigenvalue weighted by atomic mass is 9.95. The summed E-state index contributed by atoms with van der Waals surface area (Å²) in [6, 6.07) is 9.17. The fourth-order valence-corrected chi connectivity index (χ4v) is 2.21. The van der Waals surface area contributed by atoms with Gasteiger partial charge in [0.05, 0.1) is 11.1 Å². The minimum absolute atomic E-state index is 0.319. The van der Waals surface area contributed by atoms with Crippen molar-refractivity contribution < 1.29 is 9.53 Å². The van der Waals surface area contributed by atoms with Gasteiger partial charge in [0.25, 0.3) is 5.91 Å². The number of unbranched alkanes of at least 4 members (excludes halogenated alkanes) is 2. The maximum atomic E-state index is 12.2. The predicted molar refractivity (Wildman–Crippen MR) is 87.8 cm³/mol. The third-order valence-corrected chi connectivity index (χ3v) is 3.75. The fourth-order valence-electron chi connectivity index (χ4n) is 2.03. The summed E-state index contributed by atoms with van der Waals surface area (Å²) < 4.78 is 5.57. The number of nitrogens with one attached hydrogen (secondary N) is 1. The standard InChI is InChI=1S/C17H23ClN2O2/c1-4-5-8-11-17(3,12-19)20-16(21)13(2)22-15-10-7-6-9-14(15)18/h6-7,9-10,13H,4-5,8,11H2,1-3H3,(H,20,21). The van der Waals surface area contributed by atoms with E-state index in [4.69, 9.17) is 16.3 Å². The van der Waals surface area contributed by atoms with Gasteiger partial charge >= 0.3 is 0 Å². The largest absolute Gasteiger partial charge is 0.479 e. The molecule has 0 bridgehead atoms. The molecule has 1 rings (SSSR count). The summed E-state index contributed by atoms with van der Waals surface area (Å²) in [5.74, 6) is 0.136. The van der Waals surface area contributed by atoms with E-state index in [2.05, 4.69) is 18.3 Å². The molecular weight excluding hydrogens is 300 g/mol. The summed E-state index contributed by atoms with van der Waals surface area (Å²) in [6.45, 7) is 5.48. The average Bonchev–Trinajstić information content (AvgIpc) is 2.49. The highest BCUT2D eigenvalue weighted by molar-refractivity contribution is 6.32. The first-order valence-electron chi connectivity index (χ1n) is 7.56. The summed E-state index contributed by atoms with van der Waals surface area (Å²) >= 11 is 6.01. The molecule has 2 atom stereocenters. The molecule has 22 heavy (non-hydrogen) atoms. The number of carbonyl (C=O) groups excluding carboxylic acids is 1. The molecule has 0 saturated heterocycles. The van der Waals surface area contributed by atoms with Crippen molar-refractivity contribution in [1.29, 1.82) is 5.26 Å². The number of amides is 1. The maximum absolute atomic E-state index is 12.2. The van der Waals surface area contributed by atoms with Gasteiger partial charge in [0, 0.05) is 0 Å². The van der Waals surface area contributed by atoms with Crippen molar-refractivity contribution in [3.63, 3.8) is 0 Å². The van der Waals surface area contributed by atoms with Crippen molar-refractivity contribution in [3.05, 3.63) is 29.3 Å². The molecule has 0 fully saturated rings. The van der Waals surface area contributed by atoms with Crippen LogP contribution in [0.25, 0.3) is 0 Å². The lowest BCUT2D eigenvalue weighted by Gasteiger charge is -2.25. The Hall–Kier alpha value is -1.73. The Labute approximate surface area is 137 Å². The number of para-hydroxylation sites is 1. The normalized spacial score (nSPS) is 14.5. The zero-order valence-corrected chi connectivity index (χ0v) is 14.1. The number of rotatable bonds is 8. The molecule has 2 unspecified atom stereocenters. The van der Waals surface area contributed by atoms with Crippen molar-refractivity contribution in [1.82, 2.24) is 5.32 Å². The first-order valence-corrected chi connectivity index (χ1v) is 7.94. The highest BCUT2D eigenvalue weighted by Gasteiger charge is 2.28. The van der Waals surface area contributed by atoms with E-state index in [1.54, 1.807) is 38.1 Å². The van der Waals surface area contributed by atoms with Crippen LogP contribution in [0.15, 0.2) is 24.3 Å². The number of hydrogen-bond acceptors (Lipinski definition) is 3. The zero-order valence-electron chi connectivity index (χ0n) is 13.4. The van der Waals surface area contributed by atoms with Gasteiger partial charge < -0.3 is 10.1 Å². The van der Waals surface area contributed by atoms with Gasteiger partial charge in [-0.2, -0.15) is 5.26 Å². The van der Waals surface area contributed by atoms with Crippen LogP contribution in [0.2, 0.25) is 5.02 Å². The van der Waals surface area contributed by atoms with Gasteiger partial charge in [0.1, 0.15) is 11.3 Å². The van der Waals surface area contributed by atoms with Crippen LogP contribution in [-0.2, 0) is 4.79 Å². The van der Waals surface area contributed by atoms with Crippen LogP contribution < -0.4 is 10.1 Å². The van der Waals surface area contributed by atoms with Gasteiger partial charge in [0.15, 0.2) is 6.10 Å². The Morgan fingerprint density at radius 1 is 1.45 bits per heavy atom. The molecule has 0 aliphatic carbocycles. The van der Waals surface area contributed by atoms with Gasteiger partial charge in [-0.05, 0) is 32.4 Å². The average molecular weight is 323 g/mol. The molecule has 1 amide bonds. The molecule has 4 nitrogen and oxygen atoms in total. The lowest BCUT2D eigenvalue weighted by Crippen LogP contribution is -2.49. The van der Waals surface area contributed by atoms with Gasteiger partial charge in [-0.1, -0.05) is 49.9 Å². The number of nitrogens with zero attached hydrogens (tertiary/aromatic N) is 1. The quantitative estimate of drug-likeness (QED) is 0.733. The molecule has 0 heterocycles. The van der Waals surface area contributed by atoms with E-state index in [1.165, 1.54) is 0 Å². The van der Waals surface area contributed by atoms with Gasteiger partial charge in [-0.15, -0.1) is 0 Å². The first-order chi connectivity index (χ1) is 10.4. The Morgan fingerprint density at radius 2 is 2.14 bits per heavy atom. The number of halogens is 1. The number of ether oxygens (including phenoxy) is 1. The highest BCUT2D eigenvalue weighted by atomic mass is 35.5. The molecule has 0 aromatic heterocycles. The number of hydrogen-bond donors (Lipinski definition) is 1. The van der Waals surface area contributed by atoms with E-state index in [0.717, 1.165) is 19.3 Å². The molecule has 0 aliphatic rings. The summed E-state index contributed by atoms with van der Waals surface area (Å²) in [5.41, 5.74) is -0.871. The Morgan fingerprint density at radius 3 is 2.73 bits per heavy atom. The highest BCUT2D eigenvalue weighted by Crippen LogP contribution is 2.24. The Kier molecular flexibility index (Phi) is 7.20. The van der Waals surface area contributed by atoms with Gasteiger partial charge in [-0.3, -0.25) is 4.79 Å². The van der Waals surface area contributed by atoms with Crippen LogP contribution in [-0.4, -0.2) is 17.6 Å². The van der Waals surface area contributed by atoms with Gasteiger partial charge in [0.2, 0.25) is 0 Å². The second-order valence-corrected chi connectivity index (χ2v) is 5.99. The van der Waals surface area contributed by atoms with Crippen molar-refractivity contribution in [3.8, 4) is 11.8 Å². The van der Waals surface area contributed by atoms with E-state index in [0.29, 0.717) is 17.2 Å². The third-order valence-electron chi connectivity index (χ3n) is 3.44. The van der Waals surface area contributed by atoms with Crippen LogP contribution in [0.3, 0.4) is 0 Å². The smallest absolute Gasteiger partial charge is 0.262 e. The first kappa shape index (κ1) is 18.3. The monoisotopic (exact) mass is 322 g/mol. The number of benzene rings is 1. The molecule has 0 aliphatic heterocycles. The molecule has 120 valence electrons. The van der Waals surface area contributed by atoms with Gasteiger partial charge in [-0.25, -0.2) is 0 Å². The minimum atomic E-state index is -0.871.